The number of nitrogen functional groups attached to an aromatic ring is 1. The van der Waals surface area contributed by atoms with Gasteiger partial charge in [0.25, 0.3) is 0 Å². The summed E-state index contributed by atoms with van der Waals surface area (Å²) in [4.78, 5) is 2.27. The molecule has 19 heavy (non-hydrogen) atoms. The van der Waals surface area contributed by atoms with Crippen LogP contribution in [-0.2, 0) is 13.1 Å². The monoisotopic (exact) mass is 382 g/mol. The molecule has 0 atom stereocenters. The normalized spacial score (nSPS) is 10.9. The summed E-state index contributed by atoms with van der Waals surface area (Å²) in [5, 5.41) is 0. The summed E-state index contributed by atoms with van der Waals surface area (Å²) in [7, 11) is 2.11. The second kappa shape index (κ2) is 6.55. The number of halogens is 2. The van der Waals surface area contributed by atoms with E-state index >= 15 is 0 Å². The van der Waals surface area contributed by atoms with Crippen LogP contribution in [0.5, 0.6) is 0 Å². The lowest BCUT2D eigenvalue weighted by Crippen LogP contribution is -2.17. The molecule has 0 fully saturated rings. The van der Waals surface area contributed by atoms with Crippen molar-refractivity contribution in [2.24, 2.45) is 0 Å². The summed E-state index contributed by atoms with van der Waals surface area (Å²) >= 11 is 6.97. The molecule has 0 amide bonds. The van der Waals surface area contributed by atoms with Crippen molar-refractivity contribution in [1.29, 1.82) is 0 Å². The van der Waals surface area contributed by atoms with Gasteiger partial charge in [-0.25, -0.2) is 0 Å². The van der Waals surface area contributed by atoms with Crippen molar-refractivity contribution >= 4 is 37.5 Å². The second-order valence-electron chi connectivity index (χ2n) is 4.70. The summed E-state index contributed by atoms with van der Waals surface area (Å²) in [5.41, 5.74) is 9.15. The van der Waals surface area contributed by atoms with Crippen molar-refractivity contribution in [3.8, 4) is 0 Å². The number of benzene rings is 2. The highest BCUT2D eigenvalue weighted by atomic mass is 79.9. The molecule has 2 rings (SSSR count). The highest BCUT2D eigenvalue weighted by Gasteiger charge is 2.04. The van der Waals surface area contributed by atoms with E-state index in [1.807, 2.05) is 18.2 Å². The molecule has 0 radical (unpaired) electrons. The van der Waals surface area contributed by atoms with E-state index in [9.17, 15) is 0 Å². The topological polar surface area (TPSA) is 29.3 Å². The summed E-state index contributed by atoms with van der Waals surface area (Å²) in [6, 6.07) is 14.4. The first-order valence-corrected chi connectivity index (χ1v) is 7.59. The number of hydrogen-bond donors (Lipinski definition) is 1. The molecule has 4 heteroatoms. The van der Waals surface area contributed by atoms with Gasteiger partial charge < -0.3 is 5.73 Å². The lowest BCUT2D eigenvalue weighted by Gasteiger charge is -2.17. The molecule has 2 nitrogen and oxygen atoms in total. The Hall–Kier alpha value is -0.840. The number of anilines is 1. The van der Waals surface area contributed by atoms with E-state index in [1.165, 1.54) is 11.1 Å². The fourth-order valence-corrected chi connectivity index (χ4v) is 3.09. The van der Waals surface area contributed by atoms with Crippen LogP contribution < -0.4 is 5.73 Å². The average molecular weight is 384 g/mol. The van der Waals surface area contributed by atoms with Crippen molar-refractivity contribution in [2.45, 2.75) is 13.1 Å². The number of rotatable bonds is 4. The van der Waals surface area contributed by atoms with E-state index in [1.54, 1.807) is 0 Å². The van der Waals surface area contributed by atoms with Gasteiger partial charge in [0.05, 0.1) is 0 Å². The first kappa shape index (κ1) is 14.6. The van der Waals surface area contributed by atoms with Gasteiger partial charge in [0.2, 0.25) is 0 Å². The summed E-state index contributed by atoms with van der Waals surface area (Å²) in [6.45, 7) is 1.78. The number of hydrogen-bond acceptors (Lipinski definition) is 2. The third kappa shape index (κ3) is 4.64. The molecule has 2 N–H and O–H groups in total. The molecule has 0 aliphatic rings. The molecular formula is C15H16Br2N2. The molecule has 0 unspecified atom stereocenters. The molecular weight excluding hydrogens is 368 g/mol. The summed E-state index contributed by atoms with van der Waals surface area (Å²) < 4.78 is 2.14. The van der Waals surface area contributed by atoms with Gasteiger partial charge in [0.15, 0.2) is 0 Å². The molecule has 0 heterocycles. The van der Waals surface area contributed by atoms with Gasteiger partial charge >= 0.3 is 0 Å². The number of nitrogens with zero attached hydrogens (tertiary/aromatic N) is 1. The maximum absolute atomic E-state index is 5.85. The third-order valence-electron chi connectivity index (χ3n) is 2.77. The summed E-state index contributed by atoms with van der Waals surface area (Å²) in [6.07, 6.45) is 0. The average Bonchev–Trinajstić information content (AvgIpc) is 2.26. The number of nitrogens with two attached hydrogens (primary N) is 1. The van der Waals surface area contributed by atoms with Crippen molar-refractivity contribution in [3.05, 3.63) is 62.5 Å². The van der Waals surface area contributed by atoms with Gasteiger partial charge in [-0.15, -0.1) is 0 Å². The quantitative estimate of drug-likeness (QED) is 0.791. The maximum atomic E-state index is 5.85. The summed E-state index contributed by atoms with van der Waals surface area (Å²) in [5.74, 6) is 0. The highest BCUT2D eigenvalue weighted by Crippen LogP contribution is 2.19. The van der Waals surface area contributed by atoms with E-state index in [-0.39, 0.29) is 0 Å². The first-order valence-electron chi connectivity index (χ1n) is 6.01. The minimum absolute atomic E-state index is 0.792. The molecule has 2 aromatic rings. The standard InChI is InChI=1S/C15H16Br2N2/c1-19(9-11-3-2-4-13(16)5-11)10-12-6-14(17)8-15(18)7-12/h2-8H,9-10,18H2,1H3. The zero-order valence-electron chi connectivity index (χ0n) is 10.7. The molecule has 0 aliphatic carbocycles. The Morgan fingerprint density at radius 2 is 1.63 bits per heavy atom. The van der Waals surface area contributed by atoms with E-state index in [0.717, 1.165) is 27.7 Å². The molecule has 0 bridgehead atoms. The third-order valence-corrected chi connectivity index (χ3v) is 3.73. The van der Waals surface area contributed by atoms with Crippen molar-refractivity contribution in [3.63, 3.8) is 0 Å². The van der Waals surface area contributed by atoms with Gasteiger partial charge in [0, 0.05) is 27.7 Å². The molecule has 100 valence electrons. The van der Waals surface area contributed by atoms with Crippen LogP contribution in [0.2, 0.25) is 0 Å². The predicted octanol–water partition coefficient (Wildman–Crippen LogP) is 4.43. The lowest BCUT2D eigenvalue weighted by molar-refractivity contribution is 0.319. The van der Waals surface area contributed by atoms with Gasteiger partial charge in [-0.1, -0.05) is 44.0 Å². The SMILES string of the molecule is CN(Cc1cccc(Br)c1)Cc1cc(N)cc(Br)c1. The maximum Gasteiger partial charge on any atom is 0.0328 e. The highest BCUT2D eigenvalue weighted by molar-refractivity contribution is 9.10. The smallest absolute Gasteiger partial charge is 0.0328 e. The van der Waals surface area contributed by atoms with Crippen LogP contribution in [0, 0.1) is 0 Å². The van der Waals surface area contributed by atoms with Crippen molar-refractivity contribution in [2.75, 3.05) is 12.8 Å². The Labute approximate surface area is 130 Å². The van der Waals surface area contributed by atoms with Crippen LogP contribution in [0.25, 0.3) is 0 Å². The van der Waals surface area contributed by atoms with Crippen molar-refractivity contribution in [1.82, 2.24) is 4.90 Å². The molecule has 0 aliphatic heterocycles. The van der Waals surface area contributed by atoms with Crippen LogP contribution >= 0.6 is 31.9 Å². The fraction of sp³-hybridized carbons (Fsp3) is 0.200. The second-order valence-corrected chi connectivity index (χ2v) is 6.53. The zero-order valence-corrected chi connectivity index (χ0v) is 13.9. The van der Waals surface area contributed by atoms with Gasteiger partial charge in [-0.2, -0.15) is 0 Å². The van der Waals surface area contributed by atoms with Gasteiger partial charge in [-0.05, 0) is 48.5 Å². The molecule has 0 saturated carbocycles. The lowest BCUT2D eigenvalue weighted by atomic mass is 10.1. The fourth-order valence-electron chi connectivity index (χ4n) is 2.08. The molecule has 0 saturated heterocycles. The Kier molecular flexibility index (Phi) is 5.02. The van der Waals surface area contributed by atoms with E-state index < -0.39 is 0 Å². The molecule has 0 aromatic heterocycles. The Balaban J connectivity index is 2.03. The minimum atomic E-state index is 0.792. The zero-order chi connectivity index (χ0) is 13.8. The molecule has 2 aromatic carbocycles. The first-order chi connectivity index (χ1) is 9.02. The molecule has 0 spiro atoms. The van der Waals surface area contributed by atoms with Crippen LogP contribution in [0.4, 0.5) is 5.69 Å². The minimum Gasteiger partial charge on any atom is -0.399 e. The van der Waals surface area contributed by atoms with Gasteiger partial charge in [0.1, 0.15) is 0 Å². The Morgan fingerprint density at radius 1 is 0.947 bits per heavy atom. The van der Waals surface area contributed by atoms with E-state index in [2.05, 4.69) is 68.1 Å². The van der Waals surface area contributed by atoms with Crippen LogP contribution in [0.1, 0.15) is 11.1 Å². The van der Waals surface area contributed by atoms with Crippen LogP contribution in [-0.4, -0.2) is 11.9 Å². The van der Waals surface area contributed by atoms with E-state index in [0.29, 0.717) is 0 Å². The van der Waals surface area contributed by atoms with Gasteiger partial charge in [-0.3, -0.25) is 4.90 Å². The van der Waals surface area contributed by atoms with E-state index in [4.69, 9.17) is 5.73 Å². The predicted molar refractivity (Wildman–Crippen MR) is 87.9 cm³/mol. The van der Waals surface area contributed by atoms with Crippen molar-refractivity contribution < 1.29 is 0 Å². The Bertz CT molecular complexity index is 550. The Morgan fingerprint density at radius 3 is 2.32 bits per heavy atom. The van der Waals surface area contributed by atoms with Crippen LogP contribution in [0.15, 0.2) is 51.4 Å². The largest absolute Gasteiger partial charge is 0.399 e. The van der Waals surface area contributed by atoms with Crippen LogP contribution in [0.3, 0.4) is 0 Å².